The molecular weight excluding hydrogens is 336 g/mol. The molecule has 0 aliphatic rings. The lowest BCUT2D eigenvalue weighted by Crippen LogP contribution is -2.23. The summed E-state index contributed by atoms with van der Waals surface area (Å²) in [5, 5.41) is 0.186. The zero-order valence-electron chi connectivity index (χ0n) is 11.9. The summed E-state index contributed by atoms with van der Waals surface area (Å²) < 4.78 is 32.3. The molecule has 1 N–H and O–H groups in total. The summed E-state index contributed by atoms with van der Waals surface area (Å²) in [5.74, 6) is 0.660. The molecule has 3 rings (SSSR count). The van der Waals surface area contributed by atoms with Crippen LogP contribution in [-0.4, -0.2) is 13.4 Å². The summed E-state index contributed by atoms with van der Waals surface area (Å²) in [6, 6.07) is 13.5. The van der Waals surface area contributed by atoms with Gasteiger partial charge in [-0.2, -0.15) is 0 Å². The van der Waals surface area contributed by atoms with E-state index in [9.17, 15) is 8.42 Å². The number of sulfonamides is 1. The Morgan fingerprint density at radius 3 is 2.57 bits per heavy atom. The highest BCUT2D eigenvalue weighted by molar-refractivity contribution is 7.89. The van der Waals surface area contributed by atoms with Gasteiger partial charge in [0.15, 0.2) is 5.76 Å². The van der Waals surface area contributed by atoms with Gasteiger partial charge in [0.25, 0.3) is 0 Å². The van der Waals surface area contributed by atoms with Gasteiger partial charge in [-0.15, -0.1) is 0 Å². The van der Waals surface area contributed by atoms with E-state index in [1.54, 1.807) is 42.8 Å². The Balaban J connectivity index is 1.72. The van der Waals surface area contributed by atoms with Crippen LogP contribution in [0.25, 0.3) is 11.5 Å². The standard InChI is InChI=1S/C16H13ClN2O3S/c17-13-4-1-2-6-16(13)23(20,21)19-11-12-7-8-14(18-10-12)15-5-3-9-22-15/h1-10,19H,11H2. The highest BCUT2D eigenvalue weighted by Crippen LogP contribution is 2.21. The molecule has 118 valence electrons. The molecule has 2 aromatic heterocycles. The van der Waals surface area contributed by atoms with Crippen LogP contribution in [0.4, 0.5) is 0 Å². The van der Waals surface area contributed by atoms with Gasteiger partial charge in [0.05, 0.1) is 11.3 Å². The SMILES string of the molecule is O=S(=O)(NCc1ccc(-c2ccco2)nc1)c1ccccc1Cl. The van der Waals surface area contributed by atoms with Gasteiger partial charge in [-0.1, -0.05) is 29.8 Å². The van der Waals surface area contributed by atoms with Gasteiger partial charge < -0.3 is 4.42 Å². The Morgan fingerprint density at radius 1 is 1.09 bits per heavy atom. The lowest BCUT2D eigenvalue weighted by atomic mass is 10.2. The third-order valence-corrected chi connectivity index (χ3v) is 5.09. The molecular formula is C16H13ClN2O3S. The first-order valence-corrected chi connectivity index (χ1v) is 8.65. The summed E-state index contributed by atoms with van der Waals surface area (Å²) >= 11 is 5.93. The largest absolute Gasteiger partial charge is 0.463 e. The molecule has 0 saturated heterocycles. The van der Waals surface area contributed by atoms with Crippen LogP contribution in [0.2, 0.25) is 5.02 Å². The van der Waals surface area contributed by atoms with E-state index in [2.05, 4.69) is 9.71 Å². The quantitative estimate of drug-likeness (QED) is 0.766. The van der Waals surface area contributed by atoms with Crippen molar-refractivity contribution in [1.82, 2.24) is 9.71 Å². The molecule has 0 unspecified atom stereocenters. The van der Waals surface area contributed by atoms with Crippen molar-refractivity contribution in [2.24, 2.45) is 0 Å². The highest BCUT2D eigenvalue weighted by Gasteiger charge is 2.16. The molecule has 1 aromatic carbocycles. The number of nitrogens with zero attached hydrogens (tertiary/aromatic N) is 1. The maximum atomic E-state index is 12.2. The van der Waals surface area contributed by atoms with Crippen LogP contribution in [0.15, 0.2) is 70.3 Å². The van der Waals surface area contributed by atoms with Crippen LogP contribution in [-0.2, 0) is 16.6 Å². The average molecular weight is 349 g/mol. The highest BCUT2D eigenvalue weighted by atomic mass is 35.5. The molecule has 0 bridgehead atoms. The second-order valence-corrected chi connectivity index (χ2v) is 6.93. The van der Waals surface area contributed by atoms with Gasteiger partial charge in [0, 0.05) is 12.7 Å². The number of hydrogen-bond acceptors (Lipinski definition) is 4. The number of furan rings is 1. The Kier molecular flexibility index (Phi) is 4.47. The average Bonchev–Trinajstić information content (AvgIpc) is 3.08. The van der Waals surface area contributed by atoms with Crippen molar-refractivity contribution in [2.75, 3.05) is 0 Å². The zero-order chi connectivity index (χ0) is 16.3. The Morgan fingerprint density at radius 2 is 1.91 bits per heavy atom. The molecule has 0 atom stereocenters. The Hall–Kier alpha value is -2.15. The summed E-state index contributed by atoms with van der Waals surface area (Å²) in [4.78, 5) is 4.31. The van der Waals surface area contributed by atoms with Crippen LogP contribution in [0, 0.1) is 0 Å². The van der Waals surface area contributed by atoms with Crippen molar-refractivity contribution >= 4 is 21.6 Å². The molecule has 0 aliphatic carbocycles. The smallest absolute Gasteiger partial charge is 0.242 e. The van der Waals surface area contributed by atoms with Gasteiger partial charge in [-0.05, 0) is 35.9 Å². The fourth-order valence-electron chi connectivity index (χ4n) is 2.02. The van der Waals surface area contributed by atoms with Gasteiger partial charge in [-0.3, -0.25) is 4.98 Å². The maximum absolute atomic E-state index is 12.2. The molecule has 0 radical (unpaired) electrons. The van der Waals surface area contributed by atoms with Crippen molar-refractivity contribution in [3.63, 3.8) is 0 Å². The summed E-state index contributed by atoms with van der Waals surface area (Å²) in [7, 11) is -3.67. The lowest BCUT2D eigenvalue weighted by molar-refractivity contribution is 0.578. The van der Waals surface area contributed by atoms with Crippen LogP contribution < -0.4 is 4.72 Å². The number of benzene rings is 1. The Labute approximate surface area is 139 Å². The van der Waals surface area contributed by atoms with E-state index in [0.29, 0.717) is 11.5 Å². The van der Waals surface area contributed by atoms with E-state index in [0.717, 1.165) is 5.56 Å². The van der Waals surface area contributed by atoms with Crippen molar-refractivity contribution in [3.8, 4) is 11.5 Å². The number of rotatable bonds is 5. The molecule has 0 saturated carbocycles. The monoisotopic (exact) mass is 348 g/mol. The number of halogens is 1. The molecule has 0 amide bonds. The van der Waals surface area contributed by atoms with Gasteiger partial charge >= 0.3 is 0 Å². The first-order valence-electron chi connectivity index (χ1n) is 6.79. The van der Waals surface area contributed by atoms with Crippen LogP contribution in [0.3, 0.4) is 0 Å². The van der Waals surface area contributed by atoms with Crippen molar-refractivity contribution < 1.29 is 12.8 Å². The molecule has 3 aromatic rings. The summed E-state index contributed by atoms with van der Waals surface area (Å²) in [6.45, 7) is 0.124. The minimum absolute atomic E-state index is 0.0573. The molecule has 7 heteroatoms. The summed E-state index contributed by atoms with van der Waals surface area (Å²) in [5.41, 5.74) is 1.42. The van der Waals surface area contributed by atoms with E-state index in [4.69, 9.17) is 16.0 Å². The normalized spacial score (nSPS) is 11.5. The maximum Gasteiger partial charge on any atom is 0.242 e. The van der Waals surface area contributed by atoms with E-state index < -0.39 is 10.0 Å². The fourth-order valence-corrected chi connectivity index (χ4v) is 3.55. The van der Waals surface area contributed by atoms with Crippen molar-refractivity contribution in [1.29, 1.82) is 0 Å². The molecule has 0 aliphatic heterocycles. The molecule has 0 spiro atoms. The molecule has 0 fully saturated rings. The topological polar surface area (TPSA) is 72.2 Å². The number of aromatic nitrogens is 1. The van der Waals surface area contributed by atoms with E-state index in [1.165, 1.54) is 12.1 Å². The van der Waals surface area contributed by atoms with E-state index >= 15 is 0 Å². The third kappa shape index (κ3) is 3.61. The second-order valence-electron chi connectivity index (χ2n) is 4.78. The summed E-state index contributed by atoms with van der Waals surface area (Å²) in [6.07, 6.45) is 3.18. The van der Waals surface area contributed by atoms with Gasteiger partial charge in [-0.25, -0.2) is 13.1 Å². The lowest BCUT2D eigenvalue weighted by Gasteiger charge is -2.08. The third-order valence-electron chi connectivity index (χ3n) is 3.19. The number of nitrogens with one attached hydrogen (secondary N) is 1. The van der Waals surface area contributed by atoms with Crippen LogP contribution in [0.5, 0.6) is 0 Å². The minimum atomic E-state index is -3.67. The first-order chi connectivity index (χ1) is 11.1. The van der Waals surface area contributed by atoms with Crippen LogP contribution in [0.1, 0.15) is 5.56 Å². The molecule has 5 nitrogen and oxygen atoms in total. The zero-order valence-corrected chi connectivity index (χ0v) is 13.5. The number of pyridine rings is 1. The molecule has 23 heavy (non-hydrogen) atoms. The number of hydrogen-bond donors (Lipinski definition) is 1. The van der Waals surface area contributed by atoms with Crippen molar-refractivity contribution in [2.45, 2.75) is 11.4 Å². The second kappa shape index (κ2) is 6.54. The fraction of sp³-hybridized carbons (Fsp3) is 0.0625. The van der Waals surface area contributed by atoms with Crippen LogP contribution >= 0.6 is 11.6 Å². The predicted molar refractivity (Wildman–Crippen MR) is 87.4 cm³/mol. The molecule has 2 heterocycles. The Bertz CT molecular complexity index is 891. The van der Waals surface area contributed by atoms with E-state index in [1.807, 2.05) is 6.07 Å². The first kappa shape index (κ1) is 15.7. The van der Waals surface area contributed by atoms with Gasteiger partial charge in [0.1, 0.15) is 10.6 Å². The predicted octanol–water partition coefficient (Wildman–Crippen LogP) is 3.47. The van der Waals surface area contributed by atoms with Gasteiger partial charge in [0.2, 0.25) is 10.0 Å². The van der Waals surface area contributed by atoms with Crippen molar-refractivity contribution in [3.05, 3.63) is 71.6 Å². The van der Waals surface area contributed by atoms with E-state index in [-0.39, 0.29) is 16.5 Å². The minimum Gasteiger partial charge on any atom is -0.463 e.